The first-order valence-electron chi connectivity index (χ1n) is 9.63. The van der Waals surface area contributed by atoms with Crippen molar-refractivity contribution in [1.29, 1.82) is 0 Å². The molecule has 1 N–H and O–H groups in total. The summed E-state index contributed by atoms with van der Waals surface area (Å²) in [4.78, 5) is 12.5. The average Bonchev–Trinajstić information content (AvgIpc) is 3.03. The molecule has 3 aromatic rings. The zero-order valence-corrected chi connectivity index (χ0v) is 17.3. The third-order valence-corrected chi connectivity index (χ3v) is 4.59. The molecule has 1 atom stereocenters. The minimum absolute atomic E-state index is 0.126. The van der Waals surface area contributed by atoms with E-state index in [9.17, 15) is 4.79 Å². The molecule has 0 aliphatic carbocycles. The number of para-hydroxylation sites is 2. The number of hydrogen-bond donors (Lipinski definition) is 1. The molecule has 152 valence electrons. The van der Waals surface area contributed by atoms with Gasteiger partial charge < -0.3 is 14.8 Å². The fourth-order valence-corrected chi connectivity index (χ4v) is 3.07. The van der Waals surface area contributed by atoms with Gasteiger partial charge in [-0.3, -0.25) is 9.48 Å². The molecule has 6 heteroatoms. The molecule has 1 unspecified atom stereocenters. The molecule has 0 spiro atoms. The summed E-state index contributed by atoms with van der Waals surface area (Å²) >= 11 is 0. The molecule has 0 saturated carbocycles. The van der Waals surface area contributed by atoms with E-state index in [1.54, 1.807) is 7.11 Å². The molecular weight excluding hydrogens is 366 g/mol. The van der Waals surface area contributed by atoms with Gasteiger partial charge in [-0.1, -0.05) is 24.3 Å². The van der Waals surface area contributed by atoms with E-state index in [0.717, 1.165) is 17.0 Å². The summed E-state index contributed by atoms with van der Waals surface area (Å²) in [5.74, 6) is 1.20. The number of amides is 1. The topological polar surface area (TPSA) is 65.4 Å². The Hall–Kier alpha value is -3.28. The van der Waals surface area contributed by atoms with E-state index >= 15 is 0 Å². The lowest BCUT2D eigenvalue weighted by Gasteiger charge is -2.16. The van der Waals surface area contributed by atoms with Crippen molar-refractivity contribution in [3.05, 3.63) is 77.1 Å². The molecule has 0 fully saturated rings. The van der Waals surface area contributed by atoms with E-state index in [2.05, 4.69) is 16.5 Å². The van der Waals surface area contributed by atoms with Crippen molar-refractivity contribution in [3.8, 4) is 11.5 Å². The Labute approximate surface area is 171 Å². The lowest BCUT2D eigenvalue weighted by atomic mass is 10.1. The number of nitrogens with zero attached hydrogens (tertiary/aromatic N) is 2. The zero-order chi connectivity index (χ0) is 20.8. The molecule has 0 bridgehead atoms. The Kier molecular flexibility index (Phi) is 6.54. The quantitative estimate of drug-likeness (QED) is 0.633. The van der Waals surface area contributed by atoms with E-state index in [1.807, 2.05) is 74.0 Å². The van der Waals surface area contributed by atoms with Crippen molar-refractivity contribution in [2.45, 2.75) is 33.4 Å². The standard InChI is InChI=1S/C23H27N3O3/c1-16-13-18(3)26(25-16)14-19-9-11-20(12-10-19)23(27)24-17(2)15-29-22-8-6-5-7-21(22)28-4/h5-13,17H,14-15H2,1-4H3,(H,24,27). The summed E-state index contributed by atoms with van der Waals surface area (Å²) in [6.45, 7) is 6.96. The Morgan fingerprint density at radius 2 is 1.79 bits per heavy atom. The van der Waals surface area contributed by atoms with Gasteiger partial charge in [0.05, 0.1) is 25.4 Å². The van der Waals surface area contributed by atoms with Crippen molar-refractivity contribution < 1.29 is 14.3 Å². The smallest absolute Gasteiger partial charge is 0.251 e. The summed E-state index contributed by atoms with van der Waals surface area (Å²) in [5.41, 5.74) is 3.84. The zero-order valence-electron chi connectivity index (χ0n) is 17.3. The van der Waals surface area contributed by atoms with Crippen molar-refractivity contribution in [3.63, 3.8) is 0 Å². The number of benzene rings is 2. The maximum absolute atomic E-state index is 12.5. The van der Waals surface area contributed by atoms with Gasteiger partial charge in [0.2, 0.25) is 0 Å². The van der Waals surface area contributed by atoms with Gasteiger partial charge in [-0.25, -0.2) is 0 Å². The Morgan fingerprint density at radius 1 is 1.10 bits per heavy atom. The first-order chi connectivity index (χ1) is 14.0. The predicted octanol–water partition coefficient (Wildman–Crippen LogP) is 3.75. The fourth-order valence-electron chi connectivity index (χ4n) is 3.07. The predicted molar refractivity (Wildman–Crippen MR) is 113 cm³/mol. The summed E-state index contributed by atoms with van der Waals surface area (Å²) in [7, 11) is 1.60. The minimum Gasteiger partial charge on any atom is -0.493 e. The molecule has 0 aliphatic rings. The van der Waals surface area contributed by atoms with Gasteiger partial charge in [-0.15, -0.1) is 0 Å². The second-order valence-electron chi connectivity index (χ2n) is 7.12. The van der Waals surface area contributed by atoms with Gasteiger partial charge in [-0.2, -0.15) is 5.10 Å². The van der Waals surface area contributed by atoms with E-state index in [-0.39, 0.29) is 11.9 Å². The monoisotopic (exact) mass is 393 g/mol. The van der Waals surface area contributed by atoms with Crippen LogP contribution in [0, 0.1) is 13.8 Å². The second-order valence-corrected chi connectivity index (χ2v) is 7.12. The molecule has 6 nitrogen and oxygen atoms in total. The maximum Gasteiger partial charge on any atom is 0.251 e. The molecule has 0 radical (unpaired) electrons. The summed E-state index contributed by atoms with van der Waals surface area (Å²) in [6.07, 6.45) is 0. The molecule has 0 aliphatic heterocycles. The Morgan fingerprint density at radius 3 is 2.41 bits per heavy atom. The summed E-state index contributed by atoms with van der Waals surface area (Å²) in [6, 6.07) is 16.9. The second kappa shape index (κ2) is 9.28. The normalized spacial score (nSPS) is 11.7. The van der Waals surface area contributed by atoms with Gasteiger partial charge in [-0.05, 0) is 56.7 Å². The van der Waals surface area contributed by atoms with Gasteiger partial charge in [0.1, 0.15) is 6.61 Å². The van der Waals surface area contributed by atoms with Crippen molar-refractivity contribution in [2.24, 2.45) is 0 Å². The molecule has 2 aromatic carbocycles. The van der Waals surface area contributed by atoms with Crippen LogP contribution in [0.25, 0.3) is 0 Å². The number of nitrogens with one attached hydrogen (secondary N) is 1. The van der Waals surface area contributed by atoms with Crippen LogP contribution in [0.1, 0.15) is 34.2 Å². The van der Waals surface area contributed by atoms with Crippen LogP contribution < -0.4 is 14.8 Å². The molecule has 1 aromatic heterocycles. The van der Waals surface area contributed by atoms with Gasteiger partial charge >= 0.3 is 0 Å². The number of ether oxygens (including phenoxy) is 2. The largest absolute Gasteiger partial charge is 0.493 e. The molecule has 29 heavy (non-hydrogen) atoms. The lowest BCUT2D eigenvalue weighted by Crippen LogP contribution is -2.36. The number of aryl methyl sites for hydroxylation is 2. The number of carbonyl (C=O) groups is 1. The molecule has 1 heterocycles. The number of rotatable bonds is 8. The van der Waals surface area contributed by atoms with Crippen LogP contribution in [0.3, 0.4) is 0 Å². The van der Waals surface area contributed by atoms with Crippen LogP contribution in [0.4, 0.5) is 0 Å². The van der Waals surface area contributed by atoms with E-state index in [1.165, 1.54) is 0 Å². The SMILES string of the molecule is COc1ccccc1OCC(C)NC(=O)c1ccc(Cn2nc(C)cc2C)cc1. The van der Waals surface area contributed by atoms with E-state index in [0.29, 0.717) is 30.2 Å². The van der Waals surface area contributed by atoms with E-state index < -0.39 is 0 Å². The summed E-state index contributed by atoms with van der Waals surface area (Å²) in [5, 5.41) is 7.44. The van der Waals surface area contributed by atoms with Crippen LogP contribution in [-0.2, 0) is 6.54 Å². The maximum atomic E-state index is 12.5. The Bertz CT molecular complexity index is 964. The molecule has 0 saturated heterocycles. The highest BCUT2D eigenvalue weighted by molar-refractivity contribution is 5.94. The van der Waals surface area contributed by atoms with Gasteiger partial charge in [0.15, 0.2) is 11.5 Å². The van der Waals surface area contributed by atoms with Crippen LogP contribution >= 0.6 is 0 Å². The fraction of sp³-hybridized carbons (Fsp3) is 0.304. The lowest BCUT2D eigenvalue weighted by molar-refractivity contribution is 0.0926. The van der Waals surface area contributed by atoms with Gasteiger partial charge in [0.25, 0.3) is 5.91 Å². The number of hydrogen-bond acceptors (Lipinski definition) is 4. The highest BCUT2D eigenvalue weighted by atomic mass is 16.5. The first kappa shape index (κ1) is 20.5. The first-order valence-corrected chi connectivity index (χ1v) is 9.63. The third-order valence-electron chi connectivity index (χ3n) is 4.59. The third kappa shape index (κ3) is 5.38. The van der Waals surface area contributed by atoms with Crippen molar-refractivity contribution in [2.75, 3.05) is 13.7 Å². The number of methoxy groups -OCH3 is 1. The number of aromatic nitrogens is 2. The van der Waals surface area contributed by atoms with Crippen LogP contribution in [0.2, 0.25) is 0 Å². The van der Waals surface area contributed by atoms with Crippen molar-refractivity contribution >= 4 is 5.91 Å². The molecule has 1 amide bonds. The average molecular weight is 393 g/mol. The highest BCUT2D eigenvalue weighted by Crippen LogP contribution is 2.25. The minimum atomic E-state index is -0.151. The van der Waals surface area contributed by atoms with Crippen LogP contribution in [-0.4, -0.2) is 35.4 Å². The van der Waals surface area contributed by atoms with E-state index in [4.69, 9.17) is 9.47 Å². The van der Waals surface area contributed by atoms with Gasteiger partial charge in [0, 0.05) is 11.3 Å². The highest BCUT2D eigenvalue weighted by Gasteiger charge is 2.12. The molecular formula is C23H27N3O3. The van der Waals surface area contributed by atoms with Crippen LogP contribution in [0.5, 0.6) is 11.5 Å². The van der Waals surface area contributed by atoms with Crippen LogP contribution in [0.15, 0.2) is 54.6 Å². The summed E-state index contributed by atoms with van der Waals surface area (Å²) < 4.78 is 13.0. The van der Waals surface area contributed by atoms with Crippen molar-refractivity contribution in [1.82, 2.24) is 15.1 Å². The Balaban J connectivity index is 1.54. The number of carbonyl (C=O) groups excluding carboxylic acids is 1. The molecule has 3 rings (SSSR count).